The van der Waals surface area contributed by atoms with E-state index in [1.165, 1.54) is 12.8 Å². The van der Waals surface area contributed by atoms with Crippen LogP contribution in [-0.2, 0) is 0 Å². The summed E-state index contributed by atoms with van der Waals surface area (Å²) in [4.78, 5) is 17.5. The highest BCUT2D eigenvalue weighted by Gasteiger charge is 2.31. The van der Waals surface area contributed by atoms with E-state index >= 15 is 0 Å². The zero-order valence-corrected chi connectivity index (χ0v) is 15.7. The van der Waals surface area contributed by atoms with E-state index in [-0.39, 0.29) is 11.4 Å². The Kier molecular flexibility index (Phi) is 5.11. The molecule has 3 rings (SSSR count). The Morgan fingerprint density at radius 3 is 2.76 bits per heavy atom. The van der Waals surface area contributed by atoms with Crippen molar-refractivity contribution in [3.05, 3.63) is 30.0 Å². The van der Waals surface area contributed by atoms with Crippen molar-refractivity contribution in [1.82, 2.24) is 25.3 Å². The minimum Gasteiger partial charge on any atom is -0.350 e. The summed E-state index contributed by atoms with van der Waals surface area (Å²) in [7, 11) is 4.31. The minimum atomic E-state index is -0.0607. The quantitative estimate of drug-likeness (QED) is 0.873. The van der Waals surface area contributed by atoms with E-state index in [0.717, 1.165) is 24.0 Å². The van der Waals surface area contributed by atoms with Gasteiger partial charge in [-0.15, -0.1) is 0 Å². The van der Waals surface area contributed by atoms with Gasteiger partial charge in [0.15, 0.2) is 0 Å². The monoisotopic (exact) mass is 343 g/mol. The summed E-state index contributed by atoms with van der Waals surface area (Å²) >= 11 is 0. The van der Waals surface area contributed by atoms with Crippen LogP contribution in [0, 0.1) is 0 Å². The number of H-pyrrole nitrogens is 1. The maximum atomic E-state index is 12.6. The number of carbonyl (C=O) groups is 1. The summed E-state index contributed by atoms with van der Waals surface area (Å²) in [6.45, 7) is 7.19. The Morgan fingerprint density at radius 2 is 2.08 bits per heavy atom. The highest BCUT2D eigenvalue weighted by atomic mass is 16.1. The molecule has 0 saturated carbocycles. The number of benzene rings is 1. The molecule has 1 amide bonds. The molecule has 1 aromatic heterocycles. The maximum Gasteiger partial charge on any atom is 0.253 e. The van der Waals surface area contributed by atoms with Crippen molar-refractivity contribution in [2.24, 2.45) is 0 Å². The zero-order chi connectivity index (χ0) is 18.0. The van der Waals surface area contributed by atoms with Crippen LogP contribution in [0.15, 0.2) is 24.4 Å². The fourth-order valence-electron chi connectivity index (χ4n) is 3.65. The Bertz CT molecular complexity index is 728. The summed E-state index contributed by atoms with van der Waals surface area (Å²) in [5.41, 5.74) is 1.39. The molecule has 1 fully saturated rings. The van der Waals surface area contributed by atoms with Gasteiger partial charge in [0.05, 0.1) is 17.3 Å². The van der Waals surface area contributed by atoms with Crippen LogP contribution in [-0.4, -0.2) is 71.2 Å². The lowest BCUT2D eigenvalue weighted by Gasteiger charge is -2.44. The lowest BCUT2D eigenvalue weighted by atomic mass is 9.95. The molecule has 0 unspecified atom stereocenters. The molecule has 0 spiro atoms. The van der Waals surface area contributed by atoms with Crippen LogP contribution < -0.4 is 5.32 Å². The number of fused-ring (bicyclic) bond motifs is 1. The largest absolute Gasteiger partial charge is 0.350 e. The van der Waals surface area contributed by atoms with E-state index in [1.54, 1.807) is 6.20 Å². The molecular weight excluding hydrogens is 314 g/mol. The van der Waals surface area contributed by atoms with Gasteiger partial charge in [0.25, 0.3) is 5.91 Å². The van der Waals surface area contributed by atoms with Crippen LogP contribution in [0.2, 0.25) is 0 Å². The summed E-state index contributed by atoms with van der Waals surface area (Å²) in [6.07, 6.45) is 4.10. The molecule has 1 saturated heterocycles. The van der Waals surface area contributed by atoms with Gasteiger partial charge in [-0.3, -0.25) is 14.8 Å². The second kappa shape index (κ2) is 7.14. The fraction of sp³-hybridized carbons (Fsp3) is 0.579. The molecule has 25 heavy (non-hydrogen) atoms. The Labute approximate surface area is 149 Å². The van der Waals surface area contributed by atoms with Gasteiger partial charge < -0.3 is 10.2 Å². The third kappa shape index (κ3) is 3.85. The molecule has 0 bridgehead atoms. The van der Waals surface area contributed by atoms with Crippen molar-refractivity contribution in [2.75, 3.05) is 33.7 Å². The number of aromatic nitrogens is 2. The van der Waals surface area contributed by atoms with Gasteiger partial charge in [0, 0.05) is 36.6 Å². The highest BCUT2D eigenvalue weighted by molar-refractivity contribution is 6.05. The molecule has 1 aliphatic heterocycles. The number of nitrogens with one attached hydrogen (secondary N) is 2. The smallest absolute Gasteiger partial charge is 0.253 e. The average molecular weight is 343 g/mol. The van der Waals surface area contributed by atoms with E-state index in [2.05, 4.69) is 53.3 Å². The lowest BCUT2D eigenvalue weighted by Crippen LogP contribution is -2.55. The average Bonchev–Trinajstić information content (AvgIpc) is 3.08. The van der Waals surface area contributed by atoms with E-state index < -0.39 is 0 Å². The molecule has 2 heterocycles. The van der Waals surface area contributed by atoms with Gasteiger partial charge in [-0.05, 0) is 46.9 Å². The minimum absolute atomic E-state index is 0.0499. The van der Waals surface area contributed by atoms with Crippen LogP contribution in [0.5, 0.6) is 0 Å². The number of para-hydroxylation sites is 1. The number of carbonyl (C=O) groups excluding carboxylic acids is 1. The Morgan fingerprint density at radius 1 is 1.36 bits per heavy atom. The van der Waals surface area contributed by atoms with Crippen LogP contribution in [0.1, 0.15) is 37.0 Å². The van der Waals surface area contributed by atoms with E-state index in [0.29, 0.717) is 18.2 Å². The fourth-order valence-corrected chi connectivity index (χ4v) is 3.65. The molecule has 0 radical (unpaired) electrons. The number of likely N-dealkylation sites (tertiary alicyclic amines) is 1. The molecule has 2 aromatic rings. The van der Waals surface area contributed by atoms with Crippen molar-refractivity contribution in [2.45, 2.75) is 38.3 Å². The predicted molar refractivity (Wildman–Crippen MR) is 101 cm³/mol. The summed E-state index contributed by atoms with van der Waals surface area (Å²) in [5, 5.41) is 11.0. The van der Waals surface area contributed by atoms with Crippen molar-refractivity contribution >= 4 is 16.8 Å². The van der Waals surface area contributed by atoms with Gasteiger partial charge in [0.1, 0.15) is 0 Å². The number of hydrogen-bond acceptors (Lipinski definition) is 4. The number of hydrogen-bond donors (Lipinski definition) is 2. The molecule has 1 aliphatic rings. The first-order valence-electron chi connectivity index (χ1n) is 9.00. The normalized spacial score (nSPS) is 17.3. The number of aromatic amines is 1. The topological polar surface area (TPSA) is 64.3 Å². The molecule has 0 atom stereocenters. The molecule has 2 N–H and O–H groups in total. The van der Waals surface area contributed by atoms with Crippen LogP contribution >= 0.6 is 0 Å². The third-order valence-corrected chi connectivity index (χ3v) is 5.45. The van der Waals surface area contributed by atoms with Crippen molar-refractivity contribution in [3.63, 3.8) is 0 Å². The molecule has 1 aromatic carbocycles. The lowest BCUT2D eigenvalue weighted by molar-refractivity contribution is 0.0588. The first-order valence-corrected chi connectivity index (χ1v) is 9.00. The SMILES string of the molecule is CN(C)C1CCN(C(C)(C)CNC(=O)c2cccc3cn[nH]c23)CC1. The van der Waals surface area contributed by atoms with Gasteiger partial charge >= 0.3 is 0 Å². The summed E-state index contributed by atoms with van der Waals surface area (Å²) < 4.78 is 0. The standard InChI is InChI=1S/C19H29N5O/c1-19(2,24-10-8-15(9-11-24)23(3)4)13-20-18(25)16-7-5-6-14-12-21-22-17(14)16/h5-7,12,15H,8-11,13H2,1-4H3,(H,20,25)(H,21,22). The Hall–Kier alpha value is -1.92. The molecule has 6 heteroatoms. The van der Waals surface area contributed by atoms with Crippen molar-refractivity contribution in [3.8, 4) is 0 Å². The highest BCUT2D eigenvalue weighted by Crippen LogP contribution is 2.22. The second-order valence-electron chi connectivity index (χ2n) is 7.82. The maximum absolute atomic E-state index is 12.6. The molecule has 6 nitrogen and oxygen atoms in total. The van der Waals surface area contributed by atoms with Crippen LogP contribution in [0.3, 0.4) is 0 Å². The Balaban J connectivity index is 1.60. The number of nitrogens with zero attached hydrogens (tertiary/aromatic N) is 3. The predicted octanol–water partition coefficient (Wildman–Crippen LogP) is 2.10. The second-order valence-corrected chi connectivity index (χ2v) is 7.82. The van der Waals surface area contributed by atoms with E-state index in [4.69, 9.17) is 0 Å². The summed E-state index contributed by atoms with van der Waals surface area (Å²) in [6, 6.07) is 6.35. The zero-order valence-electron chi connectivity index (χ0n) is 15.7. The van der Waals surface area contributed by atoms with Gasteiger partial charge in [-0.2, -0.15) is 5.10 Å². The van der Waals surface area contributed by atoms with Gasteiger partial charge in [-0.1, -0.05) is 12.1 Å². The van der Waals surface area contributed by atoms with Crippen LogP contribution in [0.4, 0.5) is 0 Å². The number of amides is 1. The van der Waals surface area contributed by atoms with Gasteiger partial charge in [0.2, 0.25) is 0 Å². The van der Waals surface area contributed by atoms with Crippen molar-refractivity contribution in [1.29, 1.82) is 0 Å². The molecule has 136 valence electrons. The number of rotatable bonds is 5. The van der Waals surface area contributed by atoms with E-state index in [9.17, 15) is 4.79 Å². The molecular formula is C19H29N5O. The molecule has 0 aliphatic carbocycles. The summed E-state index contributed by atoms with van der Waals surface area (Å²) in [5.74, 6) is -0.0499. The third-order valence-electron chi connectivity index (χ3n) is 5.45. The van der Waals surface area contributed by atoms with E-state index in [1.807, 2.05) is 18.2 Å². The van der Waals surface area contributed by atoms with Crippen molar-refractivity contribution < 1.29 is 4.79 Å². The number of piperidine rings is 1. The van der Waals surface area contributed by atoms with Gasteiger partial charge in [-0.25, -0.2) is 0 Å². The first kappa shape index (κ1) is 17.9. The van der Waals surface area contributed by atoms with Crippen LogP contribution in [0.25, 0.3) is 10.9 Å². The first-order chi connectivity index (χ1) is 11.9.